The minimum Gasteiger partial charge on any atom is -0.383 e. The molecule has 1 aliphatic heterocycles. The number of urea groups is 1. The smallest absolute Gasteiger partial charge is 0.320 e. The van der Waals surface area contributed by atoms with E-state index in [0.29, 0.717) is 18.3 Å². The van der Waals surface area contributed by atoms with E-state index in [-0.39, 0.29) is 6.03 Å². The lowest BCUT2D eigenvalue weighted by atomic mass is 10.7. The summed E-state index contributed by atoms with van der Waals surface area (Å²) in [6, 6.07) is -0.217. The average Bonchev–Trinajstić information content (AvgIpc) is 2.57. The number of hydrogen-bond donors (Lipinski definition) is 2. The SMILES string of the molecule is COCCNC(=O)NC1=NCCS1. The fraction of sp³-hybridized carbons (Fsp3) is 0.714. The van der Waals surface area contributed by atoms with Crippen molar-refractivity contribution in [1.29, 1.82) is 0 Å². The van der Waals surface area contributed by atoms with Gasteiger partial charge in [-0.25, -0.2) is 4.79 Å². The molecule has 0 aromatic heterocycles. The Morgan fingerprint density at radius 2 is 2.62 bits per heavy atom. The van der Waals surface area contributed by atoms with Crippen LogP contribution in [0.5, 0.6) is 0 Å². The lowest BCUT2D eigenvalue weighted by Gasteiger charge is -2.05. The van der Waals surface area contributed by atoms with Gasteiger partial charge in [0.05, 0.1) is 13.2 Å². The number of hydrogen-bond acceptors (Lipinski definition) is 4. The predicted molar refractivity (Wildman–Crippen MR) is 53.2 cm³/mol. The topological polar surface area (TPSA) is 62.7 Å². The summed E-state index contributed by atoms with van der Waals surface area (Å²) < 4.78 is 4.78. The van der Waals surface area contributed by atoms with Gasteiger partial charge in [-0.3, -0.25) is 10.3 Å². The number of methoxy groups -OCH3 is 1. The summed E-state index contributed by atoms with van der Waals surface area (Å²) in [6.07, 6.45) is 0. The van der Waals surface area contributed by atoms with E-state index >= 15 is 0 Å². The number of aliphatic imine (C=N–C) groups is 1. The van der Waals surface area contributed by atoms with Crippen molar-refractivity contribution in [2.75, 3.05) is 32.6 Å². The standard InChI is InChI=1S/C7H13N3O2S/c1-12-4-2-8-6(11)10-7-9-3-5-13-7/h2-5H2,1H3,(H2,8,9,10,11). The summed E-state index contributed by atoms with van der Waals surface area (Å²) in [5, 5.41) is 5.99. The zero-order valence-electron chi connectivity index (χ0n) is 7.50. The maximum absolute atomic E-state index is 11.1. The van der Waals surface area contributed by atoms with Crippen LogP contribution in [0.15, 0.2) is 4.99 Å². The van der Waals surface area contributed by atoms with Gasteiger partial charge in [0.25, 0.3) is 0 Å². The molecule has 2 N–H and O–H groups in total. The van der Waals surface area contributed by atoms with Crippen LogP contribution in [0, 0.1) is 0 Å². The third kappa shape index (κ3) is 4.14. The van der Waals surface area contributed by atoms with Crippen LogP contribution in [-0.4, -0.2) is 43.8 Å². The first-order valence-corrected chi connectivity index (χ1v) is 5.02. The average molecular weight is 203 g/mol. The minimum absolute atomic E-state index is 0.217. The van der Waals surface area contributed by atoms with Gasteiger partial charge in [0.2, 0.25) is 0 Å². The van der Waals surface area contributed by atoms with Crippen molar-refractivity contribution in [3.05, 3.63) is 0 Å². The first-order chi connectivity index (χ1) is 6.33. The molecule has 6 heteroatoms. The molecular formula is C7H13N3O2S. The lowest BCUT2D eigenvalue weighted by Crippen LogP contribution is -2.39. The summed E-state index contributed by atoms with van der Waals surface area (Å²) in [7, 11) is 1.59. The van der Waals surface area contributed by atoms with Crippen LogP contribution >= 0.6 is 11.8 Å². The number of carbonyl (C=O) groups is 1. The third-order valence-corrected chi connectivity index (χ3v) is 2.29. The number of thioether (sulfide) groups is 1. The Kier molecular flexibility index (Phi) is 4.63. The zero-order valence-corrected chi connectivity index (χ0v) is 8.32. The van der Waals surface area contributed by atoms with Gasteiger partial charge in [-0.2, -0.15) is 0 Å². The van der Waals surface area contributed by atoms with Crippen LogP contribution in [0.3, 0.4) is 0 Å². The molecule has 0 saturated carbocycles. The molecule has 13 heavy (non-hydrogen) atoms. The van der Waals surface area contributed by atoms with Crippen LogP contribution in [-0.2, 0) is 4.74 Å². The summed E-state index contributed by atoms with van der Waals surface area (Å²) >= 11 is 1.56. The Morgan fingerprint density at radius 1 is 1.77 bits per heavy atom. The van der Waals surface area contributed by atoms with E-state index in [2.05, 4.69) is 15.6 Å². The molecule has 0 bridgehead atoms. The summed E-state index contributed by atoms with van der Waals surface area (Å²) in [5.74, 6) is 0.952. The van der Waals surface area contributed by atoms with E-state index < -0.39 is 0 Å². The number of carbonyl (C=O) groups excluding carboxylic acids is 1. The second-order valence-corrected chi connectivity index (χ2v) is 3.49. The molecule has 2 amide bonds. The van der Waals surface area contributed by atoms with Crippen LogP contribution in [0.1, 0.15) is 0 Å². The molecule has 1 aliphatic rings. The van der Waals surface area contributed by atoms with Gasteiger partial charge in [-0.05, 0) is 0 Å². The highest BCUT2D eigenvalue weighted by atomic mass is 32.2. The van der Waals surface area contributed by atoms with E-state index in [0.717, 1.165) is 12.3 Å². The van der Waals surface area contributed by atoms with E-state index in [4.69, 9.17) is 4.74 Å². The van der Waals surface area contributed by atoms with Crippen molar-refractivity contribution in [1.82, 2.24) is 10.6 Å². The molecule has 0 aromatic carbocycles. The van der Waals surface area contributed by atoms with Crippen molar-refractivity contribution < 1.29 is 9.53 Å². The Balaban J connectivity index is 2.10. The Hall–Kier alpha value is -0.750. The van der Waals surface area contributed by atoms with Crippen molar-refractivity contribution in [3.8, 4) is 0 Å². The molecule has 0 spiro atoms. The Morgan fingerprint density at radius 3 is 3.23 bits per heavy atom. The maximum atomic E-state index is 11.1. The molecule has 0 aliphatic carbocycles. The number of amides is 2. The molecule has 0 radical (unpaired) electrons. The normalized spacial score (nSPS) is 15.3. The zero-order chi connectivity index (χ0) is 9.52. The van der Waals surface area contributed by atoms with E-state index in [1.54, 1.807) is 18.9 Å². The summed E-state index contributed by atoms with van der Waals surface area (Å²) in [4.78, 5) is 15.2. The van der Waals surface area contributed by atoms with Crippen LogP contribution < -0.4 is 10.6 Å². The summed E-state index contributed by atoms with van der Waals surface area (Å²) in [6.45, 7) is 1.83. The van der Waals surface area contributed by atoms with Crippen molar-refractivity contribution in [2.24, 2.45) is 4.99 Å². The molecule has 0 fully saturated rings. The largest absolute Gasteiger partial charge is 0.383 e. The van der Waals surface area contributed by atoms with Gasteiger partial charge in [0.15, 0.2) is 5.17 Å². The fourth-order valence-corrected chi connectivity index (χ4v) is 1.54. The number of amidine groups is 1. The number of nitrogens with one attached hydrogen (secondary N) is 2. The van der Waals surface area contributed by atoms with Gasteiger partial charge >= 0.3 is 6.03 Å². The van der Waals surface area contributed by atoms with E-state index in [1.807, 2.05) is 0 Å². The fourth-order valence-electron chi connectivity index (χ4n) is 0.819. The molecule has 1 heterocycles. The van der Waals surface area contributed by atoms with E-state index in [1.165, 1.54) is 0 Å². The van der Waals surface area contributed by atoms with Crippen LogP contribution in [0.2, 0.25) is 0 Å². The molecule has 74 valence electrons. The van der Waals surface area contributed by atoms with Crippen molar-refractivity contribution >= 4 is 23.0 Å². The number of rotatable bonds is 3. The van der Waals surface area contributed by atoms with Gasteiger partial charge < -0.3 is 10.1 Å². The highest BCUT2D eigenvalue weighted by Gasteiger charge is 2.09. The van der Waals surface area contributed by atoms with E-state index in [9.17, 15) is 4.79 Å². The van der Waals surface area contributed by atoms with Crippen molar-refractivity contribution in [2.45, 2.75) is 0 Å². The molecule has 0 saturated heterocycles. The Bertz CT molecular complexity index is 208. The van der Waals surface area contributed by atoms with Gasteiger partial charge in [-0.1, -0.05) is 11.8 Å². The molecular weight excluding hydrogens is 190 g/mol. The first-order valence-electron chi connectivity index (χ1n) is 4.04. The third-order valence-electron chi connectivity index (χ3n) is 1.40. The second-order valence-electron chi connectivity index (χ2n) is 2.41. The highest BCUT2D eigenvalue weighted by molar-refractivity contribution is 8.14. The van der Waals surface area contributed by atoms with Gasteiger partial charge in [-0.15, -0.1) is 0 Å². The number of ether oxygens (including phenoxy) is 1. The van der Waals surface area contributed by atoms with Crippen LogP contribution in [0.4, 0.5) is 4.79 Å². The quantitative estimate of drug-likeness (QED) is 0.636. The number of nitrogens with zero attached hydrogens (tertiary/aromatic N) is 1. The van der Waals surface area contributed by atoms with Gasteiger partial charge in [0.1, 0.15) is 0 Å². The Labute approximate surface area is 81.3 Å². The molecule has 0 unspecified atom stereocenters. The van der Waals surface area contributed by atoms with Gasteiger partial charge in [0, 0.05) is 19.4 Å². The van der Waals surface area contributed by atoms with Crippen molar-refractivity contribution in [3.63, 3.8) is 0 Å². The minimum atomic E-state index is -0.217. The molecule has 0 atom stereocenters. The molecule has 5 nitrogen and oxygen atoms in total. The predicted octanol–water partition coefficient (Wildman–Crippen LogP) is 0.0348. The maximum Gasteiger partial charge on any atom is 0.320 e. The first kappa shape index (κ1) is 10.3. The highest BCUT2D eigenvalue weighted by Crippen LogP contribution is 2.08. The van der Waals surface area contributed by atoms with Crippen LogP contribution in [0.25, 0.3) is 0 Å². The second kappa shape index (κ2) is 5.82. The molecule has 1 rings (SSSR count). The molecule has 0 aromatic rings. The lowest BCUT2D eigenvalue weighted by molar-refractivity contribution is 0.197. The monoisotopic (exact) mass is 203 g/mol. The summed E-state index contributed by atoms with van der Waals surface area (Å²) in [5.41, 5.74) is 0.